The molecule has 1 N–H and O–H groups in total. The van der Waals surface area contributed by atoms with Gasteiger partial charge in [0.1, 0.15) is 0 Å². The van der Waals surface area contributed by atoms with E-state index in [9.17, 15) is 5.11 Å². The Morgan fingerprint density at radius 2 is 1.73 bits per heavy atom. The van der Waals surface area contributed by atoms with Gasteiger partial charge in [0, 0.05) is 0 Å². The molecule has 0 aromatic heterocycles. The van der Waals surface area contributed by atoms with Crippen LogP contribution in [0.1, 0.15) is 54.4 Å². The van der Waals surface area contributed by atoms with Crippen molar-refractivity contribution in [2.75, 3.05) is 6.61 Å². The Morgan fingerprint density at radius 1 is 1.20 bits per heavy atom. The van der Waals surface area contributed by atoms with Crippen molar-refractivity contribution in [2.45, 2.75) is 66.1 Å². The van der Waals surface area contributed by atoms with Crippen molar-refractivity contribution in [1.82, 2.24) is 0 Å². The summed E-state index contributed by atoms with van der Waals surface area (Å²) < 4.78 is 5.75. The number of aliphatic hydroxyl groups is 1. The summed E-state index contributed by atoms with van der Waals surface area (Å²) >= 11 is 0. The Hall–Kier alpha value is -0.0800. The van der Waals surface area contributed by atoms with E-state index >= 15 is 0 Å². The summed E-state index contributed by atoms with van der Waals surface area (Å²) in [4.78, 5) is 0. The first-order valence-electron chi connectivity index (χ1n) is 6.11. The average Bonchev–Trinajstić information content (AvgIpc) is 2.14. The molecule has 0 amide bonds. The number of hydrogen-bond acceptors (Lipinski definition) is 2. The van der Waals surface area contributed by atoms with E-state index in [4.69, 9.17) is 4.74 Å². The van der Waals surface area contributed by atoms with Gasteiger partial charge in [0.25, 0.3) is 0 Å². The molecule has 0 saturated heterocycles. The quantitative estimate of drug-likeness (QED) is 0.708. The first kappa shape index (κ1) is 14.9. The summed E-state index contributed by atoms with van der Waals surface area (Å²) in [5.74, 6) is 1.26. The molecule has 0 rings (SSSR count). The molecule has 15 heavy (non-hydrogen) atoms. The lowest BCUT2D eigenvalue weighted by molar-refractivity contribution is -0.0877. The van der Waals surface area contributed by atoms with Gasteiger partial charge in [0.05, 0.1) is 18.3 Å². The smallest absolute Gasteiger partial charge is 0.0745 e. The molecule has 0 heterocycles. The Balaban J connectivity index is 4.06. The fourth-order valence-corrected chi connectivity index (χ4v) is 1.53. The molecule has 0 aliphatic carbocycles. The molecule has 0 bridgehead atoms. The predicted octanol–water partition coefficient (Wildman–Crippen LogP) is 3.23. The second-order valence-corrected chi connectivity index (χ2v) is 5.41. The van der Waals surface area contributed by atoms with E-state index in [1.165, 1.54) is 12.8 Å². The van der Waals surface area contributed by atoms with E-state index in [0.29, 0.717) is 12.5 Å². The van der Waals surface area contributed by atoms with Crippen LogP contribution in [0.25, 0.3) is 0 Å². The summed E-state index contributed by atoms with van der Waals surface area (Å²) in [6.07, 6.45) is 2.03. The minimum absolute atomic E-state index is 0.138. The molecule has 0 fully saturated rings. The molecule has 2 nitrogen and oxygen atoms in total. The summed E-state index contributed by atoms with van der Waals surface area (Å²) in [5.41, 5.74) is -0.138. The maximum absolute atomic E-state index is 9.20. The highest BCUT2D eigenvalue weighted by molar-refractivity contribution is 4.77. The first-order chi connectivity index (χ1) is 6.79. The zero-order valence-electron chi connectivity index (χ0n) is 11.2. The number of aliphatic hydroxyl groups excluding tert-OH is 1. The third-order valence-electron chi connectivity index (χ3n) is 3.34. The van der Waals surface area contributed by atoms with E-state index in [1.54, 1.807) is 6.92 Å². The van der Waals surface area contributed by atoms with E-state index < -0.39 is 0 Å². The molecule has 3 atom stereocenters. The minimum atomic E-state index is -0.375. The summed E-state index contributed by atoms with van der Waals surface area (Å²) in [5, 5.41) is 9.20. The molecular weight excluding hydrogens is 188 g/mol. The summed E-state index contributed by atoms with van der Waals surface area (Å²) in [6.45, 7) is 13.1. The van der Waals surface area contributed by atoms with Crippen molar-refractivity contribution in [3.05, 3.63) is 0 Å². The van der Waals surface area contributed by atoms with Gasteiger partial charge < -0.3 is 9.84 Å². The van der Waals surface area contributed by atoms with E-state index in [1.807, 2.05) is 0 Å². The van der Waals surface area contributed by atoms with E-state index in [-0.39, 0.29) is 11.7 Å². The van der Waals surface area contributed by atoms with Crippen molar-refractivity contribution >= 4 is 0 Å². The highest BCUT2D eigenvalue weighted by Gasteiger charge is 2.27. The molecule has 2 heteroatoms. The number of rotatable bonds is 7. The van der Waals surface area contributed by atoms with Crippen molar-refractivity contribution in [2.24, 2.45) is 11.8 Å². The van der Waals surface area contributed by atoms with Crippen LogP contribution in [-0.2, 0) is 4.74 Å². The van der Waals surface area contributed by atoms with Crippen molar-refractivity contribution in [1.29, 1.82) is 0 Å². The monoisotopic (exact) mass is 216 g/mol. The molecule has 0 spiro atoms. The fraction of sp³-hybridized carbons (Fsp3) is 1.00. The third kappa shape index (κ3) is 6.16. The van der Waals surface area contributed by atoms with Crippen molar-refractivity contribution in [3.8, 4) is 0 Å². The number of hydrogen-bond donors (Lipinski definition) is 1. The van der Waals surface area contributed by atoms with Gasteiger partial charge in [-0.1, -0.05) is 27.2 Å². The normalized spacial score (nSPS) is 18.6. The summed E-state index contributed by atoms with van der Waals surface area (Å²) in [7, 11) is 0. The van der Waals surface area contributed by atoms with Gasteiger partial charge in [-0.25, -0.2) is 0 Å². The van der Waals surface area contributed by atoms with Crippen LogP contribution in [0, 0.1) is 11.8 Å². The maximum atomic E-state index is 9.20. The van der Waals surface area contributed by atoms with Gasteiger partial charge in [0.15, 0.2) is 0 Å². The highest BCUT2D eigenvalue weighted by atomic mass is 16.5. The van der Waals surface area contributed by atoms with Crippen molar-refractivity contribution in [3.63, 3.8) is 0 Å². The predicted molar refractivity (Wildman–Crippen MR) is 64.9 cm³/mol. The van der Waals surface area contributed by atoms with Crippen LogP contribution in [0.4, 0.5) is 0 Å². The fourth-order valence-electron chi connectivity index (χ4n) is 1.53. The van der Waals surface area contributed by atoms with Crippen LogP contribution in [-0.4, -0.2) is 23.4 Å². The second-order valence-electron chi connectivity index (χ2n) is 5.41. The zero-order valence-corrected chi connectivity index (χ0v) is 11.2. The molecule has 0 aliphatic heterocycles. The molecule has 92 valence electrons. The lowest BCUT2D eigenvalue weighted by Crippen LogP contribution is -2.36. The van der Waals surface area contributed by atoms with Crippen LogP contribution < -0.4 is 0 Å². The van der Waals surface area contributed by atoms with E-state index in [2.05, 4.69) is 34.6 Å². The lowest BCUT2D eigenvalue weighted by atomic mass is 9.84. The molecule has 0 radical (unpaired) electrons. The second kappa shape index (κ2) is 6.49. The van der Waals surface area contributed by atoms with Crippen LogP contribution >= 0.6 is 0 Å². The van der Waals surface area contributed by atoms with Gasteiger partial charge in [-0.15, -0.1) is 0 Å². The molecule has 0 aliphatic rings. The van der Waals surface area contributed by atoms with Crippen molar-refractivity contribution < 1.29 is 9.84 Å². The van der Waals surface area contributed by atoms with Crippen LogP contribution in [0.2, 0.25) is 0 Å². The van der Waals surface area contributed by atoms with Crippen LogP contribution in [0.15, 0.2) is 0 Å². The van der Waals surface area contributed by atoms with Gasteiger partial charge in [-0.05, 0) is 39.0 Å². The van der Waals surface area contributed by atoms with Crippen LogP contribution in [0.3, 0.4) is 0 Å². The molecule has 0 saturated carbocycles. The maximum Gasteiger partial charge on any atom is 0.0745 e. The lowest BCUT2D eigenvalue weighted by Gasteiger charge is -2.34. The molecule has 0 aromatic rings. The molecular formula is C13H28O2. The number of ether oxygens (including phenoxy) is 1. The Labute approximate surface area is 95.0 Å². The third-order valence-corrected chi connectivity index (χ3v) is 3.34. The standard InChI is InChI=1S/C13H28O2/c1-7-10(2)8-11(3)13(5,6)15-9-12(4)14/h10-12,14H,7-9H2,1-6H3. The summed E-state index contributed by atoms with van der Waals surface area (Å²) in [6, 6.07) is 0. The highest BCUT2D eigenvalue weighted by Crippen LogP contribution is 2.28. The topological polar surface area (TPSA) is 29.5 Å². The Morgan fingerprint density at radius 3 is 2.13 bits per heavy atom. The minimum Gasteiger partial charge on any atom is -0.391 e. The van der Waals surface area contributed by atoms with Gasteiger partial charge >= 0.3 is 0 Å². The Kier molecular flexibility index (Phi) is 6.46. The Bertz CT molecular complexity index is 164. The molecule has 0 aromatic carbocycles. The zero-order chi connectivity index (χ0) is 12.1. The van der Waals surface area contributed by atoms with E-state index in [0.717, 1.165) is 5.92 Å². The average molecular weight is 216 g/mol. The van der Waals surface area contributed by atoms with Crippen LogP contribution in [0.5, 0.6) is 0 Å². The van der Waals surface area contributed by atoms with Gasteiger partial charge in [-0.2, -0.15) is 0 Å². The largest absolute Gasteiger partial charge is 0.391 e. The van der Waals surface area contributed by atoms with Gasteiger partial charge in [-0.3, -0.25) is 0 Å². The first-order valence-corrected chi connectivity index (χ1v) is 6.11. The van der Waals surface area contributed by atoms with Gasteiger partial charge in [0.2, 0.25) is 0 Å². The molecule has 3 unspecified atom stereocenters. The SMILES string of the molecule is CCC(C)CC(C)C(C)(C)OCC(C)O.